The van der Waals surface area contributed by atoms with Crippen molar-refractivity contribution >= 4 is 6.03 Å². The van der Waals surface area contributed by atoms with Crippen LogP contribution in [-0.2, 0) is 0 Å². The van der Waals surface area contributed by atoms with E-state index in [0.717, 1.165) is 5.56 Å². The minimum Gasteiger partial charge on any atom is -0.493 e. The second-order valence-corrected chi connectivity index (χ2v) is 6.97. The number of likely N-dealkylation sites (N-methyl/N-ethyl adjacent to an activating group) is 1. The second kappa shape index (κ2) is 10.5. The average Bonchev–Trinajstić information content (AvgIpc) is 2.69. The molecule has 1 unspecified atom stereocenters. The topological polar surface area (TPSA) is 60.0 Å². The Morgan fingerprint density at radius 1 is 1.10 bits per heavy atom. The summed E-state index contributed by atoms with van der Waals surface area (Å²) in [5, 5.41) is 2.95. The lowest BCUT2D eigenvalue weighted by molar-refractivity contribution is 0.192. The van der Waals surface area contributed by atoms with Crippen LogP contribution >= 0.6 is 0 Å². The van der Waals surface area contributed by atoms with Crippen LogP contribution in [0.25, 0.3) is 0 Å². The van der Waals surface area contributed by atoms with Crippen LogP contribution in [0.15, 0.2) is 42.5 Å². The first kappa shape index (κ1) is 22.3. The molecule has 0 saturated heterocycles. The summed E-state index contributed by atoms with van der Waals surface area (Å²) in [6.07, 6.45) is 0.0395. The lowest BCUT2D eigenvalue weighted by Crippen LogP contribution is -2.40. The lowest BCUT2D eigenvalue weighted by Gasteiger charge is -2.22. The van der Waals surface area contributed by atoms with E-state index in [0.29, 0.717) is 30.4 Å². The number of rotatable bonds is 9. The average molecular weight is 404 g/mol. The Labute approximate surface area is 171 Å². The van der Waals surface area contributed by atoms with Crippen molar-refractivity contribution in [3.8, 4) is 17.2 Å². The molecule has 2 rings (SSSR count). The van der Waals surface area contributed by atoms with E-state index < -0.39 is 0 Å². The number of benzene rings is 2. The summed E-state index contributed by atoms with van der Waals surface area (Å²) in [4.78, 5) is 14.0. The molecule has 0 aromatic heterocycles. The SMILES string of the molecule is COc1cc(C(C)NC(=O)N(C)CCOc2ccc(F)cc2)ccc1OC(C)C. The summed E-state index contributed by atoms with van der Waals surface area (Å²) in [5.74, 6) is 1.53. The van der Waals surface area contributed by atoms with E-state index in [2.05, 4.69) is 5.32 Å². The van der Waals surface area contributed by atoms with Gasteiger partial charge in [-0.1, -0.05) is 6.07 Å². The zero-order chi connectivity index (χ0) is 21.4. The fourth-order valence-corrected chi connectivity index (χ4v) is 2.62. The molecule has 1 N–H and O–H groups in total. The summed E-state index contributed by atoms with van der Waals surface area (Å²) in [6, 6.07) is 10.9. The Morgan fingerprint density at radius 2 is 1.79 bits per heavy atom. The molecule has 0 bridgehead atoms. The number of hydrogen-bond donors (Lipinski definition) is 1. The number of carbonyl (C=O) groups excluding carboxylic acids is 1. The van der Waals surface area contributed by atoms with Gasteiger partial charge in [0.15, 0.2) is 11.5 Å². The van der Waals surface area contributed by atoms with Crippen LogP contribution in [-0.4, -0.2) is 44.3 Å². The summed E-state index contributed by atoms with van der Waals surface area (Å²) in [7, 11) is 3.28. The Bertz CT molecular complexity index is 796. The van der Waals surface area contributed by atoms with Gasteiger partial charge in [0.2, 0.25) is 0 Å². The van der Waals surface area contributed by atoms with Gasteiger partial charge in [0.25, 0.3) is 0 Å². The van der Waals surface area contributed by atoms with Crippen molar-refractivity contribution in [3.05, 3.63) is 53.8 Å². The van der Waals surface area contributed by atoms with E-state index >= 15 is 0 Å². The first-order chi connectivity index (χ1) is 13.8. The molecule has 0 aliphatic carbocycles. The number of amides is 2. The van der Waals surface area contributed by atoms with Crippen molar-refractivity contribution in [2.24, 2.45) is 0 Å². The van der Waals surface area contributed by atoms with Crippen molar-refractivity contribution in [1.29, 1.82) is 0 Å². The van der Waals surface area contributed by atoms with Crippen molar-refractivity contribution in [2.75, 3.05) is 27.3 Å². The minimum atomic E-state index is -0.316. The first-order valence-corrected chi connectivity index (χ1v) is 9.54. The van der Waals surface area contributed by atoms with Gasteiger partial charge < -0.3 is 24.4 Å². The molecule has 0 spiro atoms. The molecule has 158 valence electrons. The number of nitrogens with zero attached hydrogens (tertiary/aromatic N) is 1. The largest absolute Gasteiger partial charge is 0.493 e. The van der Waals surface area contributed by atoms with Crippen LogP contribution in [0.1, 0.15) is 32.4 Å². The molecule has 2 aromatic carbocycles. The highest BCUT2D eigenvalue weighted by molar-refractivity contribution is 5.74. The van der Waals surface area contributed by atoms with E-state index in [-0.39, 0.29) is 24.0 Å². The van der Waals surface area contributed by atoms with Gasteiger partial charge in [-0.3, -0.25) is 0 Å². The molecule has 29 heavy (non-hydrogen) atoms. The normalized spacial score (nSPS) is 11.7. The summed E-state index contributed by atoms with van der Waals surface area (Å²) in [5.41, 5.74) is 0.905. The molecule has 2 aromatic rings. The molecule has 0 radical (unpaired) electrons. The molecule has 0 fully saturated rings. The Hall–Kier alpha value is -2.96. The molecule has 2 amide bonds. The van der Waals surface area contributed by atoms with Gasteiger partial charge in [0.05, 0.1) is 25.8 Å². The number of nitrogens with one attached hydrogen (secondary N) is 1. The number of halogens is 1. The third kappa shape index (κ3) is 6.85. The van der Waals surface area contributed by atoms with Crippen molar-refractivity contribution < 1.29 is 23.4 Å². The third-order valence-corrected chi connectivity index (χ3v) is 4.25. The Morgan fingerprint density at radius 3 is 2.41 bits per heavy atom. The summed E-state index contributed by atoms with van der Waals surface area (Å²) in [6.45, 7) is 6.50. The zero-order valence-electron chi connectivity index (χ0n) is 17.6. The fraction of sp³-hybridized carbons (Fsp3) is 0.409. The fourth-order valence-electron chi connectivity index (χ4n) is 2.62. The van der Waals surface area contributed by atoms with Crippen LogP contribution in [0.3, 0.4) is 0 Å². The number of urea groups is 1. The van der Waals surface area contributed by atoms with E-state index in [1.165, 1.54) is 17.0 Å². The predicted molar refractivity (Wildman–Crippen MR) is 110 cm³/mol. The first-order valence-electron chi connectivity index (χ1n) is 9.54. The molecule has 1 atom stereocenters. The van der Waals surface area contributed by atoms with Gasteiger partial charge in [-0.05, 0) is 62.7 Å². The Kier molecular flexibility index (Phi) is 8.12. The molecule has 0 aliphatic heterocycles. The van der Waals surface area contributed by atoms with Gasteiger partial charge in [-0.2, -0.15) is 0 Å². The van der Waals surface area contributed by atoms with Crippen molar-refractivity contribution in [1.82, 2.24) is 10.2 Å². The highest BCUT2D eigenvalue weighted by Gasteiger charge is 2.16. The third-order valence-electron chi connectivity index (χ3n) is 4.25. The summed E-state index contributed by atoms with van der Waals surface area (Å²) >= 11 is 0. The maximum atomic E-state index is 12.9. The van der Waals surface area contributed by atoms with E-state index in [1.807, 2.05) is 39.0 Å². The molecule has 0 heterocycles. The number of ether oxygens (including phenoxy) is 3. The Balaban J connectivity index is 1.87. The molecule has 6 nitrogen and oxygen atoms in total. The van der Waals surface area contributed by atoms with Crippen LogP contribution in [0, 0.1) is 5.82 Å². The number of carbonyl (C=O) groups is 1. The zero-order valence-corrected chi connectivity index (χ0v) is 17.6. The maximum absolute atomic E-state index is 12.9. The van der Waals surface area contributed by atoms with Crippen LogP contribution in [0.5, 0.6) is 17.2 Å². The van der Waals surface area contributed by atoms with E-state index in [9.17, 15) is 9.18 Å². The van der Waals surface area contributed by atoms with Gasteiger partial charge in [0.1, 0.15) is 18.2 Å². The monoisotopic (exact) mass is 404 g/mol. The number of hydrogen-bond acceptors (Lipinski definition) is 4. The molecular formula is C22H29FN2O4. The van der Waals surface area contributed by atoms with Crippen molar-refractivity contribution in [3.63, 3.8) is 0 Å². The lowest BCUT2D eigenvalue weighted by atomic mass is 10.1. The van der Waals surface area contributed by atoms with Gasteiger partial charge in [-0.15, -0.1) is 0 Å². The highest BCUT2D eigenvalue weighted by Crippen LogP contribution is 2.31. The molecular weight excluding hydrogens is 375 g/mol. The predicted octanol–water partition coefficient (Wildman–Crippen LogP) is 4.40. The minimum absolute atomic E-state index is 0.0395. The molecule has 0 saturated carbocycles. The smallest absolute Gasteiger partial charge is 0.317 e. The van der Waals surface area contributed by atoms with Gasteiger partial charge in [0, 0.05) is 7.05 Å². The van der Waals surface area contributed by atoms with Gasteiger partial charge in [-0.25, -0.2) is 9.18 Å². The van der Waals surface area contributed by atoms with E-state index in [1.54, 1.807) is 26.3 Å². The number of methoxy groups -OCH3 is 1. The van der Waals surface area contributed by atoms with Crippen LogP contribution in [0.4, 0.5) is 9.18 Å². The van der Waals surface area contributed by atoms with Crippen LogP contribution < -0.4 is 19.5 Å². The molecule has 7 heteroatoms. The van der Waals surface area contributed by atoms with E-state index in [4.69, 9.17) is 14.2 Å². The molecule has 0 aliphatic rings. The maximum Gasteiger partial charge on any atom is 0.317 e. The van der Waals surface area contributed by atoms with Crippen molar-refractivity contribution in [2.45, 2.75) is 32.9 Å². The summed E-state index contributed by atoms with van der Waals surface area (Å²) < 4.78 is 29.6. The second-order valence-electron chi connectivity index (χ2n) is 6.97. The quantitative estimate of drug-likeness (QED) is 0.673. The highest BCUT2D eigenvalue weighted by atomic mass is 19.1. The van der Waals surface area contributed by atoms with Crippen LogP contribution in [0.2, 0.25) is 0 Å². The standard InChI is InChI=1S/C22H29FN2O4/c1-15(2)29-20-11-6-17(14-21(20)27-5)16(3)24-22(26)25(4)12-13-28-19-9-7-18(23)8-10-19/h6-11,14-16H,12-13H2,1-5H3,(H,24,26). The van der Waals surface area contributed by atoms with Gasteiger partial charge >= 0.3 is 6.03 Å².